The Morgan fingerprint density at radius 1 is 1.29 bits per heavy atom. The van der Waals surface area contributed by atoms with Gasteiger partial charge in [0.15, 0.2) is 0 Å². The summed E-state index contributed by atoms with van der Waals surface area (Å²) in [6.07, 6.45) is 4.59. The second kappa shape index (κ2) is 6.12. The summed E-state index contributed by atoms with van der Waals surface area (Å²) in [5.41, 5.74) is 1.13. The van der Waals surface area contributed by atoms with Crippen LogP contribution in [-0.4, -0.2) is 35.6 Å². The summed E-state index contributed by atoms with van der Waals surface area (Å²) in [6.45, 7) is 8.13. The van der Waals surface area contributed by atoms with Crippen molar-refractivity contribution in [3.63, 3.8) is 0 Å². The van der Waals surface area contributed by atoms with Crippen molar-refractivity contribution in [1.29, 1.82) is 0 Å². The number of nitrogens with zero attached hydrogens (tertiary/aromatic N) is 2. The number of likely N-dealkylation sites (tertiary alicyclic amines) is 1. The molecule has 2 rings (SSSR count). The molecule has 17 heavy (non-hydrogen) atoms. The van der Waals surface area contributed by atoms with E-state index >= 15 is 0 Å². The lowest BCUT2D eigenvalue weighted by atomic mass is 10.2. The van der Waals surface area contributed by atoms with Gasteiger partial charge in [-0.25, -0.2) is 0 Å². The van der Waals surface area contributed by atoms with Crippen LogP contribution in [0.5, 0.6) is 0 Å². The van der Waals surface area contributed by atoms with E-state index in [0.29, 0.717) is 12.1 Å². The van der Waals surface area contributed by atoms with Crippen LogP contribution in [0, 0.1) is 0 Å². The highest BCUT2D eigenvalue weighted by atomic mass is 15.2. The molecular formula is C14H23N3. The highest BCUT2D eigenvalue weighted by Gasteiger charge is 2.16. The van der Waals surface area contributed by atoms with Gasteiger partial charge in [-0.15, -0.1) is 0 Å². The van der Waals surface area contributed by atoms with Crippen molar-refractivity contribution in [3.8, 4) is 0 Å². The first-order valence-corrected chi connectivity index (χ1v) is 6.65. The fraction of sp³-hybridized carbons (Fsp3) is 0.643. The van der Waals surface area contributed by atoms with E-state index in [1.54, 1.807) is 0 Å². The summed E-state index contributed by atoms with van der Waals surface area (Å²) in [7, 11) is 0. The molecule has 1 aliphatic heterocycles. The van der Waals surface area contributed by atoms with Crippen LogP contribution in [0.3, 0.4) is 0 Å². The lowest BCUT2D eigenvalue weighted by Gasteiger charge is -2.24. The van der Waals surface area contributed by atoms with Crippen LogP contribution in [0.1, 0.15) is 38.4 Å². The van der Waals surface area contributed by atoms with E-state index in [1.165, 1.54) is 25.9 Å². The molecule has 0 amide bonds. The molecule has 0 aliphatic carbocycles. The first kappa shape index (κ1) is 12.5. The first-order valence-electron chi connectivity index (χ1n) is 6.65. The lowest BCUT2D eigenvalue weighted by Crippen LogP contribution is -2.39. The molecule has 1 N–H and O–H groups in total. The van der Waals surface area contributed by atoms with Crippen molar-refractivity contribution in [2.75, 3.05) is 19.6 Å². The molecule has 2 atom stereocenters. The number of pyridine rings is 1. The molecule has 0 bridgehead atoms. The molecule has 2 heterocycles. The van der Waals surface area contributed by atoms with Crippen molar-refractivity contribution < 1.29 is 0 Å². The molecule has 1 aliphatic rings. The van der Waals surface area contributed by atoms with Crippen molar-refractivity contribution in [2.45, 2.75) is 38.8 Å². The zero-order valence-corrected chi connectivity index (χ0v) is 10.9. The summed E-state index contributed by atoms with van der Waals surface area (Å²) in [4.78, 5) is 6.93. The predicted molar refractivity (Wildman–Crippen MR) is 70.9 cm³/mol. The van der Waals surface area contributed by atoms with Gasteiger partial charge in [-0.05, 0) is 51.9 Å². The molecule has 1 aromatic rings. The maximum Gasteiger partial charge on any atom is 0.0570 e. The molecule has 1 fully saturated rings. The minimum atomic E-state index is 0.328. The van der Waals surface area contributed by atoms with Crippen LogP contribution in [0.15, 0.2) is 24.4 Å². The number of hydrogen-bond acceptors (Lipinski definition) is 3. The second-order valence-corrected chi connectivity index (χ2v) is 5.05. The van der Waals surface area contributed by atoms with Crippen molar-refractivity contribution >= 4 is 0 Å². The molecule has 0 spiro atoms. The summed E-state index contributed by atoms with van der Waals surface area (Å²) >= 11 is 0. The third-order valence-electron chi connectivity index (χ3n) is 3.40. The monoisotopic (exact) mass is 233 g/mol. The lowest BCUT2D eigenvalue weighted by molar-refractivity contribution is 0.288. The van der Waals surface area contributed by atoms with Crippen LogP contribution in [0.25, 0.3) is 0 Å². The van der Waals surface area contributed by atoms with Crippen molar-refractivity contribution in [1.82, 2.24) is 15.2 Å². The summed E-state index contributed by atoms with van der Waals surface area (Å²) in [6, 6.07) is 6.94. The highest BCUT2D eigenvalue weighted by molar-refractivity contribution is 5.07. The third kappa shape index (κ3) is 3.79. The van der Waals surface area contributed by atoms with Crippen LogP contribution >= 0.6 is 0 Å². The van der Waals surface area contributed by atoms with Gasteiger partial charge in [0, 0.05) is 24.8 Å². The standard InChI is InChI=1S/C14H23N3/c1-12(11-17-9-5-6-10-17)16-13(2)14-7-3-4-8-15-14/h3-4,7-8,12-13,16H,5-6,9-11H2,1-2H3. The van der Waals surface area contributed by atoms with Gasteiger partial charge in [-0.1, -0.05) is 6.07 Å². The molecule has 3 heteroatoms. The Hall–Kier alpha value is -0.930. The molecule has 0 radical (unpaired) electrons. The molecule has 2 unspecified atom stereocenters. The third-order valence-corrected chi connectivity index (χ3v) is 3.40. The predicted octanol–water partition coefficient (Wildman–Crippen LogP) is 2.22. The fourth-order valence-electron chi connectivity index (χ4n) is 2.55. The second-order valence-electron chi connectivity index (χ2n) is 5.05. The van der Waals surface area contributed by atoms with Crippen LogP contribution in [0.2, 0.25) is 0 Å². The smallest absolute Gasteiger partial charge is 0.0570 e. The Morgan fingerprint density at radius 2 is 2.06 bits per heavy atom. The molecule has 1 aromatic heterocycles. The van der Waals surface area contributed by atoms with Crippen LogP contribution < -0.4 is 5.32 Å². The van der Waals surface area contributed by atoms with Crippen LogP contribution in [0.4, 0.5) is 0 Å². The van der Waals surface area contributed by atoms with E-state index < -0.39 is 0 Å². The van der Waals surface area contributed by atoms with Crippen molar-refractivity contribution in [2.24, 2.45) is 0 Å². The summed E-state index contributed by atoms with van der Waals surface area (Å²) in [5, 5.41) is 3.62. The topological polar surface area (TPSA) is 28.2 Å². The quantitative estimate of drug-likeness (QED) is 0.845. The van der Waals surface area contributed by atoms with Crippen LogP contribution in [-0.2, 0) is 0 Å². The van der Waals surface area contributed by atoms with E-state index in [0.717, 1.165) is 12.2 Å². The number of aromatic nitrogens is 1. The molecule has 3 nitrogen and oxygen atoms in total. The number of rotatable bonds is 5. The average Bonchev–Trinajstić information content (AvgIpc) is 2.82. The summed E-state index contributed by atoms with van der Waals surface area (Å²) in [5.74, 6) is 0. The highest BCUT2D eigenvalue weighted by Crippen LogP contribution is 2.11. The number of hydrogen-bond donors (Lipinski definition) is 1. The van der Waals surface area contributed by atoms with E-state index in [2.05, 4.69) is 35.1 Å². The molecule has 0 saturated carbocycles. The minimum Gasteiger partial charge on any atom is -0.305 e. The Balaban J connectivity index is 1.79. The van der Waals surface area contributed by atoms with Gasteiger partial charge in [0.25, 0.3) is 0 Å². The molecule has 94 valence electrons. The van der Waals surface area contributed by atoms with Gasteiger partial charge in [0.1, 0.15) is 0 Å². The molecular weight excluding hydrogens is 210 g/mol. The largest absolute Gasteiger partial charge is 0.305 e. The molecule has 0 aromatic carbocycles. The zero-order chi connectivity index (χ0) is 12.1. The van der Waals surface area contributed by atoms with E-state index in [-0.39, 0.29) is 0 Å². The minimum absolute atomic E-state index is 0.328. The zero-order valence-electron chi connectivity index (χ0n) is 10.9. The van der Waals surface area contributed by atoms with Gasteiger partial charge < -0.3 is 10.2 Å². The van der Waals surface area contributed by atoms with Gasteiger partial charge in [-0.2, -0.15) is 0 Å². The fourth-order valence-corrected chi connectivity index (χ4v) is 2.55. The van der Waals surface area contributed by atoms with E-state index in [4.69, 9.17) is 0 Å². The van der Waals surface area contributed by atoms with Gasteiger partial charge >= 0.3 is 0 Å². The SMILES string of the molecule is CC(CN1CCCC1)NC(C)c1ccccn1. The number of nitrogens with one attached hydrogen (secondary N) is 1. The Morgan fingerprint density at radius 3 is 2.71 bits per heavy atom. The average molecular weight is 233 g/mol. The van der Waals surface area contributed by atoms with E-state index in [9.17, 15) is 0 Å². The normalized spacial score (nSPS) is 20.4. The molecule has 1 saturated heterocycles. The van der Waals surface area contributed by atoms with Gasteiger partial charge in [-0.3, -0.25) is 4.98 Å². The summed E-state index contributed by atoms with van der Waals surface area (Å²) < 4.78 is 0. The maximum atomic E-state index is 4.39. The Kier molecular flexibility index (Phi) is 4.51. The maximum absolute atomic E-state index is 4.39. The Bertz CT molecular complexity index is 319. The van der Waals surface area contributed by atoms with E-state index in [1.807, 2.05) is 18.3 Å². The van der Waals surface area contributed by atoms with Crippen molar-refractivity contribution in [3.05, 3.63) is 30.1 Å². The first-order chi connectivity index (χ1) is 8.25. The van der Waals surface area contributed by atoms with Gasteiger partial charge in [0.05, 0.1) is 5.69 Å². The Labute approximate surface area is 104 Å². The van der Waals surface area contributed by atoms with Gasteiger partial charge in [0.2, 0.25) is 0 Å².